The van der Waals surface area contributed by atoms with E-state index in [-0.39, 0.29) is 27.9 Å². The molecule has 0 radical (unpaired) electrons. The third kappa shape index (κ3) is 2.21. The number of hydrogen-bond donors (Lipinski definition) is 0. The van der Waals surface area contributed by atoms with Gasteiger partial charge in [0.15, 0.2) is 6.29 Å². The Hall–Kier alpha value is -1.69. The molecule has 7 heteroatoms. The van der Waals surface area contributed by atoms with Crippen molar-refractivity contribution in [1.82, 2.24) is 9.97 Å². The Bertz CT molecular complexity index is 598. The van der Waals surface area contributed by atoms with Crippen LogP contribution < -0.4 is 0 Å². The molecule has 1 aromatic carbocycles. The summed E-state index contributed by atoms with van der Waals surface area (Å²) in [6, 6.07) is 4.11. The van der Waals surface area contributed by atoms with E-state index in [1.165, 1.54) is 18.2 Å². The van der Waals surface area contributed by atoms with Crippen LogP contribution in [0.15, 0.2) is 18.2 Å². The summed E-state index contributed by atoms with van der Waals surface area (Å²) in [4.78, 5) is 17.2. The van der Waals surface area contributed by atoms with Crippen molar-refractivity contribution in [3.8, 4) is 0 Å². The van der Waals surface area contributed by atoms with Gasteiger partial charge in [-0.05, 0) is 18.2 Å². The number of rotatable bonds is 1. The van der Waals surface area contributed by atoms with E-state index in [9.17, 15) is 18.0 Å². The fraction of sp³-hybridized carbons (Fsp3) is 0.100. The topological polar surface area (TPSA) is 42.9 Å². The van der Waals surface area contributed by atoms with Gasteiger partial charge in [-0.1, -0.05) is 11.6 Å². The van der Waals surface area contributed by atoms with Crippen LogP contribution in [0.3, 0.4) is 0 Å². The second-order valence-electron chi connectivity index (χ2n) is 3.21. The number of benzene rings is 1. The first-order valence-corrected chi connectivity index (χ1v) is 4.79. The van der Waals surface area contributed by atoms with Crippen LogP contribution in [0.4, 0.5) is 13.2 Å². The summed E-state index contributed by atoms with van der Waals surface area (Å²) < 4.78 is 37.4. The highest BCUT2D eigenvalue weighted by Gasteiger charge is 2.35. The number of aromatic nitrogens is 2. The van der Waals surface area contributed by atoms with Crippen molar-refractivity contribution in [2.75, 3.05) is 0 Å². The predicted octanol–water partition coefficient (Wildman–Crippen LogP) is 3.11. The third-order valence-electron chi connectivity index (χ3n) is 2.05. The number of fused-ring (bicyclic) bond motifs is 1. The molecule has 0 saturated heterocycles. The zero-order chi connectivity index (χ0) is 12.6. The Labute approximate surface area is 98.2 Å². The van der Waals surface area contributed by atoms with E-state index in [4.69, 9.17) is 11.6 Å². The Morgan fingerprint density at radius 2 is 1.94 bits per heavy atom. The van der Waals surface area contributed by atoms with Crippen molar-refractivity contribution in [1.29, 1.82) is 0 Å². The summed E-state index contributed by atoms with van der Waals surface area (Å²) in [6.45, 7) is 0. The van der Waals surface area contributed by atoms with Gasteiger partial charge < -0.3 is 0 Å². The monoisotopic (exact) mass is 260 g/mol. The minimum absolute atomic E-state index is 0.0121. The summed E-state index contributed by atoms with van der Waals surface area (Å²) >= 11 is 5.65. The minimum atomic E-state index is -4.70. The van der Waals surface area contributed by atoms with Crippen molar-refractivity contribution in [3.63, 3.8) is 0 Å². The molecule has 1 heterocycles. The number of carbonyl (C=O) groups is 1. The van der Waals surface area contributed by atoms with Crippen LogP contribution >= 0.6 is 11.6 Å². The van der Waals surface area contributed by atoms with Crippen LogP contribution in [0.25, 0.3) is 10.9 Å². The maximum absolute atomic E-state index is 12.5. The van der Waals surface area contributed by atoms with Crippen LogP contribution in [0.2, 0.25) is 5.02 Å². The molecule has 2 aromatic rings. The van der Waals surface area contributed by atoms with Crippen molar-refractivity contribution in [2.24, 2.45) is 0 Å². The molecular formula is C10H4ClF3N2O. The van der Waals surface area contributed by atoms with Gasteiger partial charge in [-0.15, -0.1) is 0 Å². The van der Waals surface area contributed by atoms with E-state index >= 15 is 0 Å². The highest BCUT2D eigenvalue weighted by molar-refractivity contribution is 6.31. The largest absolute Gasteiger partial charge is 0.451 e. The maximum Gasteiger partial charge on any atom is 0.451 e. The van der Waals surface area contributed by atoms with Gasteiger partial charge in [0.05, 0.1) is 5.52 Å². The molecule has 0 fully saturated rings. The van der Waals surface area contributed by atoms with E-state index in [2.05, 4.69) is 9.97 Å². The molecule has 1 aromatic heterocycles. The lowest BCUT2D eigenvalue weighted by atomic mass is 10.2. The highest BCUT2D eigenvalue weighted by Crippen LogP contribution is 2.28. The van der Waals surface area contributed by atoms with Gasteiger partial charge in [0.1, 0.15) is 5.69 Å². The zero-order valence-corrected chi connectivity index (χ0v) is 8.88. The highest BCUT2D eigenvalue weighted by atomic mass is 35.5. The molecule has 0 N–H and O–H groups in total. The van der Waals surface area contributed by atoms with Gasteiger partial charge in [-0.25, -0.2) is 9.97 Å². The number of alkyl halides is 3. The fourth-order valence-electron chi connectivity index (χ4n) is 1.34. The number of halogens is 4. The van der Waals surface area contributed by atoms with Crippen molar-refractivity contribution < 1.29 is 18.0 Å². The standard InChI is InChI=1S/C10H4ClF3N2O/c11-5-1-2-6-7(3-5)15-9(10(12,13)14)16-8(6)4-17/h1-4H. The third-order valence-corrected chi connectivity index (χ3v) is 2.29. The lowest BCUT2D eigenvalue weighted by Gasteiger charge is -2.07. The van der Waals surface area contributed by atoms with Crippen LogP contribution in [0.5, 0.6) is 0 Å². The normalized spacial score (nSPS) is 11.8. The number of carbonyl (C=O) groups excluding carboxylic acids is 1. The molecule has 0 aliphatic carbocycles. The predicted molar refractivity (Wildman–Crippen MR) is 54.9 cm³/mol. The van der Waals surface area contributed by atoms with Gasteiger partial charge in [-0.2, -0.15) is 13.2 Å². The van der Waals surface area contributed by atoms with E-state index in [1.807, 2.05) is 0 Å². The molecule has 3 nitrogen and oxygen atoms in total. The lowest BCUT2D eigenvalue weighted by molar-refractivity contribution is -0.144. The first kappa shape index (κ1) is 11.8. The Morgan fingerprint density at radius 3 is 2.53 bits per heavy atom. The van der Waals surface area contributed by atoms with Crippen LogP contribution in [0.1, 0.15) is 16.3 Å². The molecule has 0 aliphatic heterocycles. The van der Waals surface area contributed by atoms with Gasteiger partial charge in [0.25, 0.3) is 0 Å². The molecule has 0 atom stereocenters. The molecule has 2 rings (SSSR count). The Morgan fingerprint density at radius 1 is 1.24 bits per heavy atom. The fourth-order valence-corrected chi connectivity index (χ4v) is 1.51. The van der Waals surface area contributed by atoms with E-state index < -0.39 is 12.0 Å². The molecule has 88 valence electrons. The lowest BCUT2D eigenvalue weighted by Crippen LogP contribution is -2.12. The van der Waals surface area contributed by atoms with E-state index in [1.54, 1.807) is 0 Å². The van der Waals surface area contributed by atoms with Gasteiger partial charge in [0.2, 0.25) is 5.82 Å². The smallest absolute Gasteiger partial charge is 0.296 e. The van der Waals surface area contributed by atoms with E-state index in [0.717, 1.165) is 0 Å². The van der Waals surface area contributed by atoms with E-state index in [0.29, 0.717) is 0 Å². The average Bonchev–Trinajstić information content (AvgIpc) is 2.25. The second kappa shape index (κ2) is 3.96. The quantitative estimate of drug-likeness (QED) is 0.740. The number of aldehydes is 1. The maximum atomic E-state index is 12.5. The zero-order valence-electron chi connectivity index (χ0n) is 8.12. The van der Waals surface area contributed by atoms with Crippen molar-refractivity contribution in [3.05, 3.63) is 34.7 Å². The molecule has 0 unspecified atom stereocenters. The van der Waals surface area contributed by atoms with Crippen LogP contribution in [-0.4, -0.2) is 16.3 Å². The first-order valence-electron chi connectivity index (χ1n) is 4.41. The number of hydrogen-bond acceptors (Lipinski definition) is 3. The SMILES string of the molecule is O=Cc1nc(C(F)(F)F)nc2cc(Cl)ccc12. The first-order chi connectivity index (χ1) is 7.91. The van der Waals surface area contributed by atoms with Crippen molar-refractivity contribution >= 4 is 28.8 Å². The molecule has 0 aliphatic rings. The molecule has 0 amide bonds. The summed E-state index contributed by atoms with van der Waals surface area (Å²) in [6.07, 6.45) is -4.44. The van der Waals surface area contributed by atoms with Crippen LogP contribution in [-0.2, 0) is 6.18 Å². The molecule has 0 spiro atoms. The summed E-state index contributed by atoms with van der Waals surface area (Å²) in [5.41, 5.74) is -0.319. The Kier molecular flexibility index (Phi) is 2.74. The summed E-state index contributed by atoms with van der Waals surface area (Å²) in [5.74, 6) is -1.35. The minimum Gasteiger partial charge on any atom is -0.296 e. The molecule has 0 saturated carbocycles. The van der Waals surface area contributed by atoms with Crippen molar-refractivity contribution in [2.45, 2.75) is 6.18 Å². The molecule has 17 heavy (non-hydrogen) atoms. The van der Waals surface area contributed by atoms with Gasteiger partial charge >= 0.3 is 6.18 Å². The van der Waals surface area contributed by atoms with Gasteiger partial charge in [0, 0.05) is 10.4 Å². The molecular weight excluding hydrogens is 257 g/mol. The average molecular weight is 261 g/mol. The second-order valence-corrected chi connectivity index (χ2v) is 3.65. The number of nitrogens with zero attached hydrogens (tertiary/aromatic N) is 2. The van der Waals surface area contributed by atoms with Crippen LogP contribution in [0, 0.1) is 0 Å². The summed E-state index contributed by atoms with van der Waals surface area (Å²) in [7, 11) is 0. The summed E-state index contributed by atoms with van der Waals surface area (Å²) in [5, 5.41) is 0.471. The van der Waals surface area contributed by atoms with Gasteiger partial charge in [-0.3, -0.25) is 4.79 Å². The Balaban J connectivity index is 2.80. The molecule has 0 bridgehead atoms.